The maximum Gasteiger partial charge on any atom is 0.407 e. The third kappa shape index (κ3) is 5.34. The standard InChI is InChI=1S/C18H28N2O2/c1-14-12-20(13-15-8-6-5-7-9-15)11-10-16(14)19-17(21)22-18(2,3)4/h5-9,14,16H,10-13H2,1-4H3,(H,19,21)/t14-,16-/m0/s1. The van der Waals surface area contributed by atoms with E-state index in [1.54, 1.807) is 0 Å². The smallest absolute Gasteiger partial charge is 0.407 e. The molecule has 1 aliphatic heterocycles. The first kappa shape index (κ1) is 16.8. The number of amides is 1. The number of ether oxygens (including phenoxy) is 1. The van der Waals surface area contributed by atoms with Gasteiger partial charge in [-0.2, -0.15) is 0 Å². The number of hydrogen-bond acceptors (Lipinski definition) is 3. The molecule has 122 valence electrons. The van der Waals surface area contributed by atoms with Crippen LogP contribution in [0, 0.1) is 5.92 Å². The number of benzene rings is 1. The van der Waals surface area contributed by atoms with Crippen LogP contribution in [0.25, 0.3) is 0 Å². The van der Waals surface area contributed by atoms with E-state index in [-0.39, 0.29) is 12.1 Å². The fourth-order valence-electron chi connectivity index (χ4n) is 2.89. The Labute approximate surface area is 133 Å². The minimum absolute atomic E-state index is 0.196. The number of carbonyl (C=O) groups is 1. The van der Waals surface area contributed by atoms with E-state index in [1.165, 1.54) is 5.56 Å². The van der Waals surface area contributed by atoms with Crippen molar-refractivity contribution in [3.8, 4) is 0 Å². The first-order valence-corrected chi connectivity index (χ1v) is 8.09. The molecule has 2 rings (SSSR count). The van der Waals surface area contributed by atoms with Crippen LogP contribution in [-0.4, -0.2) is 35.7 Å². The molecule has 0 spiro atoms. The van der Waals surface area contributed by atoms with Crippen LogP contribution in [0.15, 0.2) is 30.3 Å². The van der Waals surface area contributed by atoms with E-state index in [4.69, 9.17) is 4.74 Å². The second-order valence-electron chi connectivity index (χ2n) is 7.24. The Hall–Kier alpha value is -1.55. The van der Waals surface area contributed by atoms with E-state index < -0.39 is 5.60 Å². The summed E-state index contributed by atoms with van der Waals surface area (Å²) in [7, 11) is 0. The van der Waals surface area contributed by atoms with Gasteiger partial charge in [0.25, 0.3) is 0 Å². The maximum atomic E-state index is 11.9. The van der Waals surface area contributed by atoms with E-state index in [9.17, 15) is 4.79 Å². The molecule has 0 aromatic heterocycles. The number of piperidine rings is 1. The monoisotopic (exact) mass is 304 g/mol. The van der Waals surface area contributed by atoms with E-state index in [2.05, 4.69) is 41.4 Å². The van der Waals surface area contributed by atoms with Crippen molar-refractivity contribution < 1.29 is 9.53 Å². The largest absolute Gasteiger partial charge is 0.444 e. The predicted octanol–water partition coefficient (Wildman–Crippen LogP) is 3.42. The van der Waals surface area contributed by atoms with Gasteiger partial charge in [0, 0.05) is 25.7 Å². The Bertz CT molecular complexity index is 482. The van der Waals surface area contributed by atoms with E-state index in [0.29, 0.717) is 5.92 Å². The van der Waals surface area contributed by atoms with Gasteiger partial charge in [-0.1, -0.05) is 37.3 Å². The highest BCUT2D eigenvalue weighted by Crippen LogP contribution is 2.19. The molecular weight excluding hydrogens is 276 g/mol. The summed E-state index contributed by atoms with van der Waals surface area (Å²) in [6, 6.07) is 10.7. The van der Waals surface area contributed by atoms with Gasteiger partial charge < -0.3 is 10.1 Å². The van der Waals surface area contributed by atoms with Crippen molar-refractivity contribution in [2.45, 2.75) is 52.3 Å². The molecule has 4 heteroatoms. The van der Waals surface area contributed by atoms with E-state index in [1.807, 2.05) is 26.8 Å². The Kier molecular flexibility index (Phi) is 5.46. The topological polar surface area (TPSA) is 41.6 Å². The molecule has 4 nitrogen and oxygen atoms in total. The minimum atomic E-state index is -0.443. The van der Waals surface area contributed by atoms with Crippen LogP contribution in [0.3, 0.4) is 0 Å². The SMILES string of the molecule is C[C@H]1CN(Cc2ccccc2)CC[C@@H]1NC(=O)OC(C)(C)C. The van der Waals surface area contributed by atoms with Crippen molar-refractivity contribution in [2.24, 2.45) is 5.92 Å². The lowest BCUT2D eigenvalue weighted by atomic mass is 9.93. The number of hydrogen-bond donors (Lipinski definition) is 1. The highest BCUT2D eigenvalue weighted by Gasteiger charge is 2.28. The summed E-state index contributed by atoms with van der Waals surface area (Å²) < 4.78 is 5.35. The zero-order valence-electron chi connectivity index (χ0n) is 14.1. The van der Waals surface area contributed by atoms with Crippen LogP contribution < -0.4 is 5.32 Å². The maximum absolute atomic E-state index is 11.9. The van der Waals surface area contributed by atoms with Gasteiger partial charge in [-0.05, 0) is 38.7 Å². The number of rotatable bonds is 3. The molecule has 0 radical (unpaired) electrons. The molecule has 1 aliphatic rings. The third-order valence-corrected chi connectivity index (χ3v) is 3.94. The molecule has 0 bridgehead atoms. The first-order chi connectivity index (χ1) is 10.3. The third-order valence-electron chi connectivity index (χ3n) is 3.94. The van der Waals surface area contributed by atoms with Gasteiger partial charge in [-0.3, -0.25) is 4.90 Å². The van der Waals surface area contributed by atoms with Crippen LogP contribution >= 0.6 is 0 Å². The van der Waals surface area contributed by atoms with Crippen molar-refractivity contribution in [3.63, 3.8) is 0 Å². The number of alkyl carbamates (subject to hydrolysis) is 1. The van der Waals surface area contributed by atoms with Gasteiger partial charge in [0.2, 0.25) is 0 Å². The van der Waals surface area contributed by atoms with Crippen LogP contribution in [0.1, 0.15) is 39.7 Å². The lowest BCUT2D eigenvalue weighted by molar-refractivity contribution is 0.0440. The van der Waals surface area contributed by atoms with Crippen molar-refractivity contribution in [3.05, 3.63) is 35.9 Å². The first-order valence-electron chi connectivity index (χ1n) is 8.09. The molecule has 1 saturated heterocycles. The predicted molar refractivity (Wildman–Crippen MR) is 88.7 cm³/mol. The average Bonchev–Trinajstić information content (AvgIpc) is 2.41. The zero-order valence-corrected chi connectivity index (χ0v) is 14.1. The van der Waals surface area contributed by atoms with Gasteiger partial charge in [0.1, 0.15) is 5.60 Å². The van der Waals surface area contributed by atoms with E-state index >= 15 is 0 Å². The van der Waals surface area contributed by atoms with Crippen molar-refractivity contribution in [2.75, 3.05) is 13.1 Å². The summed E-state index contributed by atoms with van der Waals surface area (Å²) in [5, 5.41) is 3.02. The molecule has 2 atom stereocenters. The number of likely N-dealkylation sites (tertiary alicyclic amines) is 1. The van der Waals surface area contributed by atoms with Crippen LogP contribution in [-0.2, 0) is 11.3 Å². The van der Waals surface area contributed by atoms with E-state index in [0.717, 1.165) is 26.1 Å². The highest BCUT2D eigenvalue weighted by atomic mass is 16.6. The minimum Gasteiger partial charge on any atom is -0.444 e. The molecule has 1 fully saturated rings. The fourth-order valence-corrected chi connectivity index (χ4v) is 2.89. The normalized spacial score (nSPS) is 23.1. The summed E-state index contributed by atoms with van der Waals surface area (Å²) in [6.07, 6.45) is 0.661. The molecule has 1 aromatic rings. The molecule has 1 aromatic carbocycles. The van der Waals surface area contributed by atoms with Crippen molar-refractivity contribution >= 4 is 6.09 Å². The molecule has 0 saturated carbocycles. The quantitative estimate of drug-likeness (QED) is 0.930. The Balaban J connectivity index is 1.81. The molecule has 22 heavy (non-hydrogen) atoms. The molecule has 1 amide bonds. The van der Waals surface area contributed by atoms with Crippen LogP contribution in [0.2, 0.25) is 0 Å². The number of carbonyl (C=O) groups excluding carboxylic acids is 1. The van der Waals surface area contributed by atoms with Gasteiger partial charge in [-0.25, -0.2) is 4.79 Å². The van der Waals surface area contributed by atoms with Gasteiger partial charge >= 0.3 is 6.09 Å². The average molecular weight is 304 g/mol. The van der Waals surface area contributed by atoms with Gasteiger partial charge in [0.15, 0.2) is 0 Å². The molecule has 1 heterocycles. The summed E-state index contributed by atoms with van der Waals surface area (Å²) in [5.74, 6) is 0.421. The van der Waals surface area contributed by atoms with Crippen molar-refractivity contribution in [1.82, 2.24) is 10.2 Å². The second-order valence-corrected chi connectivity index (χ2v) is 7.24. The Morgan fingerprint density at radius 3 is 2.59 bits per heavy atom. The van der Waals surface area contributed by atoms with Crippen LogP contribution in [0.5, 0.6) is 0 Å². The molecule has 0 aliphatic carbocycles. The molecule has 1 N–H and O–H groups in total. The van der Waals surface area contributed by atoms with Crippen LogP contribution in [0.4, 0.5) is 4.79 Å². The highest BCUT2D eigenvalue weighted by molar-refractivity contribution is 5.68. The van der Waals surface area contributed by atoms with Gasteiger partial charge in [-0.15, -0.1) is 0 Å². The van der Waals surface area contributed by atoms with Crippen molar-refractivity contribution in [1.29, 1.82) is 0 Å². The fraction of sp³-hybridized carbons (Fsp3) is 0.611. The number of nitrogens with zero attached hydrogens (tertiary/aromatic N) is 1. The Morgan fingerprint density at radius 2 is 2.00 bits per heavy atom. The zero-order chi connectivity index (χ0) is 16.2. The summed E-state index contributed by atoms with van der Waals surface area (Å²) in [6.45, 7) is 10.8. The second kappa shape index (κ2) is 7.14. The Morgan fingerprint density at radius 1 is 1.32 bits per heavy atom. The number of nitrogens with one attached hydrogen (secondary N) is 1. The summed E-state index contributed by atoms with van der Waals surface area (Å²) in [4.78, 5) is 14.3. The lowest BCUT2D eigenvalue weighted by Gasteiger charge is -2.37. The molecule has 0 unspecified atom stereocenters. The van der Waals surface area contributed by atoms with Gasteiger partial charge in [0.05, 0.1) is 0 Å². The summed E-state index contributed by atoms with van der Waals surface area (Å²) in [5.41, 5.74) is 0.898. The summed E-state index contributed by atoms with van der Waals surface area (Å²) >= 11 is 0. The lowest BCUT2D eigenvalue weighted by Crippen LogP contribution is -2.50. The molecular formula is C18H28N2O2.